The van der Waals surface area contributed by atoms with Gasteiger partial charge in [-0.3, -0.25) is 4.79 Å². The molecule has 1 unspecified atom stereocenters. The maximum atomic E-state index is 13.2. The van der Waals surface area contributed by atoms with Crippen LogP contribution in [0.3, 0.4) is 0 Å². The number of pyridine rings is 1. The van der Waals surface area contributed by atoms with Crippen LogP contribution in [0.15, 0.2) is 42.6 Å². The van der Waals surface area contributed by atoms with Gasteiger partial charge in [0.1, 0.15) is 17.5 Å². The highest BCUT2D eigenvalue weighted by Gasteiger charge is 2.34. The van der Waals surface area contributed by atoms with Gasteiger partial charge in [-0.2, -0.15) is 0 Å². The number of aryl methyl sites for hydroxylation is 1. The lowest BCUT2D eigenvalue weighted by Gasteiger charge is -2.39. The van der Waals surface area contributed by atoms with Crippen LogP contribution in [0, 0.1) is 5.82 Å². The van der Waals surface area contributed by atoms with Crippen molar-refractivity contribution < 1.29 is 14.3 Å². The number of nitrogens with one attached hydrogen (secondary N) is 1. The summed E-state index contributed by atoms with van der Waals surface area (Å²) >= 11 is 0. The average molecular weight is 454 g/mol. The van der Waals surface area contributed by atoms with Crippen LogP contribution < -0.4 is 10.2 Å². The molecule has 1 fully saturated rings. The highest BCUT2D eigenvalue weighted by atomic mass is 19.1. The van der Waals surface area contributed by atoms with Gasteiger partial charge in [-0.1, -0.05) is 26.0 Å². The van der Waals surface area contributed by atoms with Crippen LogP contribution in [0.4, 0.5) is 10.2 Å². The summed E-state index contributed by atoms with van der Waals surface area (Å²) in [7, 11) is 0. The molecule has 0 saturated carbocycles. The Morgan fingerprint density at radius 1 is 1.27 bits per heavy atom. The second-order valence-electron chi connectivity index (χ2n) is 9.23. The number of halogens is 1. The number of aliphatic hydroxyl groups is 1. The van der Waals surface area contributed by atoms with E-state index in [0.29, 0.717) is 37.5 Å². The van der Waals surface area contributed by atoms with E-state index < -0.39 is 5.60 Å². The molecule has 0 spiro atoms. The van der Waals surface area contributed by atoms with Crippen LogP contribution in [0.25, 0.3) is 11.0 Å². The van der Waals surface area contributed by atoms with Crippen LogP contribution in [0.5, 0.6) is 0 Å². The summed E-state index contributed by atoms with van der Waals surface area (Å²) in [4.78, 5) is 23.3. The normalized spacial score (nSPS) is 18.8. The number of hydrogen-bond donors (Lipinski definition) is 2. The zero-order valence-corrected chi connectivity index (χ0v) is 19.3. The molecule has 1 aliphatic rings. The molecule has 0 radical (unpaired) electrons. The van der Waals surface area contributed by atoms with E-state index in [0.717, 1.165) is 36.4 Å². The molecule has 4 rings (SSSR count). The number of benzene rings is 1. The lowest BCUT2D eigenvalue weighted by molar-refractivity contribution is -0.122. The van der Waals surface area contributed by atoms with Gasteiger partial charge in [0.25, 0.3) is 0 Å². The van der Waals surface area contributed by atoms with Gasteiger partial charge in [-0.25, -0.2) is 14.4 Å². The van der Waals surface area contributed by atoms with Gasteiger partial charge >= 0.3 is 0 Å². The topological polar surface area (TPSA) is 83.3 Å². The zero-order chi connectivity index (χ0) is 23.4. The van der Waals surface area contributed by atoms with Crippen molar-refractivity contribution in [3.63, 3.8) is 0 Å². The van der Waals surface area contributed by atoms with Crippen molar-refractivity contribution in [3.8, 4) is 0 Å². The van der Waals surface area contributed by atoms with Crippen LogP contribution in [-0.2, 0) is 11.3 Å². The first-order chi connectivity index (χ1) is 15.8. The summed E-state index contributed by atoms with van der Waals surface area (Å²) < 4.78 is 15.4. The number of nitrogens with zero attached hydrogens (tertiary/aromatic N) is 4. The molecular formula is C25H32FN5O2. The summed E-state index contributed by atoms with van der Waals surface area (Å²) in [5.74, 6) is 1.50. The Morgan fingerprint density at radius 3 is 2.85 bits per heavy atom. The maximum Gasteiger partial charge on any atom is 0.220 e. The third-order valence-electron chi connectivity index (χ3n) is 6.19. The number of hydrogen-bond acceptors (Lipinski definition) is 5. The van der Waals surface area contributed by atoms with E-state index >= 15 is 0 Å². The molecule has 176 valence electrons. The number of β-amino-alcohol motifs (C(OH)–C–C–N with tert-alkyl or cyclic N) is 1. The summed E-state index contributed by atoms with van der Waals surface area (Å²) in [6, 6.07) is 11.1. The number of carbonyl (C=O) groups excluding carboxylic acids is 1. The SMILES string of the molecule is CC(C)c1nc2ccccc2n1CCCC(=O)NCC1(O)CCCN(c2ccc(F)cn2)C1. The fraction of sp³-hybridized carbons (Fsp3) is 0.480. The molecule has 1 aliphatic heterocycles. The van der Waals surface area contributed by atoms with E-state index in [1.165, 1.54) is 12.3 Å². The summed E-state index contributed by atoms with van der Waals surface area (Å²) in [6.07, 6.45) is 3.62. The highest BCUT2D eigenvalue weighted by molar-refractivity contribution is 5.77. The van der Waals surface area contributed by atoms with Gasteiger partial charge in [0.15, 0.2) is 0 Å². The number of piperidine rings is 1. The molecule has 1 atom stereocenters. The van der Waals surface area contributed by atoms with Crippen molar-refractivity contribution in [2.45, 2.75) is 57.6 Å². The first-order valence-electron chi connectivity index (χ1n) is 11.7. The molecule has 7 nitrogen and oxygen atoms in total. The van der Waals surface area contributed by atoms with Crippen molar-refractivity contribution in [2.24, 2.45) is 0 Å². The van der Waals surface area contributed by atoms with Gasteiger partial charge in [0, 0.05) is 38.5 Å². The second kappa shape index (κ2) is 9.87. The molecular weight excluding hydrogens is 421 g/mol. The molecule has 2 aromatic heterocycles. The minimum absolute atomic E-state index is 0.0732. The Hall–Kier alpha value is -3.00. The van der Waals surface area contributed by atoms with Gasteiger partial charge < -0.3 is 19.9 Å². The average Bonchev–Trinajstić information content (AvgIpc) is 3.17. The number of aromatic nitrogens is 3. The van der Waals surface area contributed by atoms with Gasteiger partial charge in [-0.05, 0) is 43.5 Å². The molecule has 2 N–H and O–H groups in total. The quantitative estimate of drug-likeness (QED) is 0.544. The number of para-hydroxylation sites is 2. The lowest BCUT2D eigenvalue weighted by atomic mass is 9.92. The number of amides is 1. The molecule has 1 saturated heterocycles. The number of carbonyl (C=O) groups is 1. The Bertz CT molecular complexity index is 1100. The van der Waals surface area contributed by atoms with Gasteiger partial charge in [0.05, 0.1) is 22.8 Å². The standard InChI is InChI=1S/C25H32FN5O2/c1-18(2)24-29-20-7-3-4-8-21(20)31(24)14-5-9-23(32)28-16-25(33)12-6-13-30(17-25)22-11-10-19(26)15-27-22/h3-4,7-8,10-11,15,18,33H,5-6,9,12-14,16-17H2,1-2H3,(H,28,32). The Balaban J connectivity index is 1.29. The first-order valence-corrected chi connectivity index (χ1v) is 11.7. The Labute approximate surface area is 193 Å². The van der Waals surface area contributed by atoms with Crippen molar-refractivity contribution >= 4 is 22.8 Å². The summed E-state index contributed by atoms with van der Waals surface area (Å²) in [5.41, 5.74) is 1.04. The molecule has 3 heterocycles. The summed E-state index contributed by atoms with van der Waals surface area (Å²) in [5, 5.41) is 13.9. The third-order valence-corrected chi connectivity index (χ3v) is 6.19. The Morgan fingerprint density at radius 2 is 2.09 bits per heavy atom. The fourth-order valence-corrected chi connectivity index (χ4v) is 4.53. The Kier molecular flexibility index (Phi) is 6.93. The molecule has 33 heavy (non-hydrogen) atoms. The van der Waals surface area contributed by atoms with Crippen molar-refractivity contribution in [3.05, 3.63) is 54.2 Å². The first kappa shape index (κ1) is 23.2. The van der Waals surface area contributed by atoms with Crippen LogP contribution in [0.2, 0.25) is 0 Å². The van der Waals surface area contributed by atoms with E-state index in [4.69, 9.17) is 4.98 Å². The fourth-order valence-electron chi connectivity index (χ4n) is 4.53. The number of imidazole rings is 1. The van der Waals surface area contributed by atoms with E-state index in [2.05, 4.69) is 34.8 Å². The minimum atomic E-state index is -1.03. The predicted octanol–water partition coefficient (Wildman–Crippen LogP) is 3.62. The number of anilines is 1. The number of rotatable bonds is 8. The highest BCUT2D eigenvalue weighted by Crippen LogP contribution is 2.25. The number of fused-ring (bicyclic) bond motifs is 1. The largest absolute Gasteiger partial charge is 0.386 e. The van der Waals surface area contributed by atoms with Crippen LogP contribution >= 0.6 is 0 Å². The molecule has 1 amide bonds. The minimum Gasteiger partial charge on any atom is -0.386 e. The van der Waals surface area contributed by atoms with Gasteiger partial charge in [-0.15, -0.1) is 0 Å². The van der Waals surface area contributed by atoms with Crippen LogP contribution in [0.1, 0.15) is 51.3 Å². The smallest absolute Gasteiger partial charge is 0.220 e. The van der Waals surface area contributed by atoms with E-state index in [1.54, 1.807) is 6.07 Å². The molecule has 1 aromatic carbocycles. The van der Waals surface area contributed by atoms with Gasteiger partial charge in [0.2, 0.25) is 5.91 Å². The predicted molar refractivity (Wildman–Crippen MR) is 127 cm³/mol. The van der Waals surface area contributed by atoms with E-state index in [1.807, 2.05) is 23.1 Å². The van der Waals surface area contributed by atoms with Crippen molar-refractivity contribution in [1.82, 2.24) is 19.9 Å². The molecule has 3 aromatic rings. The van der Waals surface area contributed by atoms with Crippen molar-refractivity contribution in [1.29, 1.82) is 0 Å². The van der Waals surface area contributed by atoms with Crippen molar-refractivity contribution in [2.75, 3.05) is 24.5 Å². The molecule has 0 aliphatic carbocycles. The van der Waals surface area contributed by atoms with Crippen LogP contribution in [-0.4, -0.2) is 50.8 Å². The lowest BCUT2D eigenvalue weighted by Crippen LogP contribution is -2.54. The van der Waals surface area contributed by atoms with E-state index in [-0.39, 0.29) is 18.3 Å². The van der Waals surface area contributed by atoms with E-state index in [9.17, 15) is 14.3 Å². The maximum absolute atomic E-state index is 13.2. The third kappa shape index (κ3) is 5.50. The molecule has 0 bridgehead atoms. The monoisotopic (exact) mass is 453 g/mol. The zero-order valence-electron chi connectivity index (χ0n) is 19.3. The molecule has 8 heteroatoms. The summed E-state index contributed by atoms with van der Waals surface area (Å²) in [6.45, 7) is 6.25. The second-order valence-corrected chi connectivity index (χ2v) is 9.23.